The average Bonchev–Trinajstić information content (AvgIpc) is 1.87. The van der Waals surface area contributed by atoms with Gasteiger partial charge in [0, 0.05) is 6.42 Å². The molecule has 0 fully saturated rings. The van der Waals surface area contributed by atoms with Crippen LogP contribution in [0.3, 0.4) is 0 Å². The lowest BCUT2D eigenvalue weighted by molar-refractivity contribution is -0.107. The maximum atomic E-state index is 10.7. The van der Waals surface area contributed by atoms with Gasteiger partial charge in [0.05, 0.1) is 5.25 Å². The van der Waals surface area contributed by atoms with Gasteiger partial charge in [-0.1, -0.05) is 6.92 Å². The summed E-state index contributed by atoms with van der Waals surface area (Å²) in [5, 5.41) is 4.32. The van der Waals surface area contributed by atoms with Crippen LogP contribution in [0.15, 0.2) is 0 Å². The first-order valence-electron chi connectivity index (χ1n) is 3.47. The molecular weight excluding hydrogens is 166 g/mol. The number of carbonyl (C=O) groups is 1. The molecule has 5 heteroatoms. The van der Waals surface area contributed by atoms with Gasteiger partial charge in [-0.3, -0.25) is 0 Å². The lowest BCUT2D eigenvalue weighted by atomic mass is 10.2. The number of carbonyl (C=O) groups excluding carboxylic acids is 1. The number of hydrogen-bond acceptors (Lipinski definition) is 3. The van der Waals surface area contributed by atoms with E-state index in [2.05, 4.69) is 0 Å². The molecule has 0 amide bonds. The summed E-state index contributed by atoms with van der Waals surface area (Å²) in [4.78, 5) is 9.92. The van der Waals surface area contributed by atoms with Crippen LogP contribution in [0.5, 0.6) is 0 Å². The van der Waals surface area contributed by atoms with Crippen molar-refractivity contribution in [1.29, 1.82) is 0 Å². The quantitative estimate of drug-likeness (QED) is 0.605. The molecule has 0 aromatic carbocycles. The third-order valence-corrected chi connectivity index (χ3v) is 3.02. The van der Waals surface area contributed by atoms with Crippen molar-refractivity contribution >= 4 is 16.3 Å². The first-order chi connectivity index (χ1) is 5.02. The fraction of sp³-hybridized carbons (Fsp3) is 0.833. The highest BCUT2D eigenvalue weighted by atomic mass is 32.2. The molecule has 66 valence electrons. The Morgan fingerprint density at radius 3 is 2.36 bits per heavy atom. The van der Waals surface area contributed by atoms with E-state index in [1.54, 1.807) is 6.92 Å². The van der Waals surface area contributed by atoms with Crippen LogP contribution >= 0.6 is 0 Å². The van der Waals surface area contributed by atoms with Gasteiger partial charge < -0.3 is 4.79 Å². The number of nitrogens with two attached hydrogens (primary N) is 1. The molecule has 0 aromatic heterocycles. The summed E-state index contributed by atoms with van der Waals surface area (Å²) < 4.78 is 21.5. The Morgan fingerprint density at radius 2 is 2.09 bits per heavy atom. The molecule has 11 heavy (non-hydrogen) atoms. The predicted molar refractivity (Wildman–Crippen MR) is 42.5 cm³/mol. The Hall–Kier alpha value is -0.420. The van der Waals surface area contributed by atoms with Crippen molar-refractivity contribution in [3.63, 3.8) is 0 Å². The van der Waals surface area contributed by atoms with E-state index in [0.717, 1.165) is 0 Å². The molecule has 0 bridgehead atoms. The minimum atomic E-state index is -3.45. The Morgan fingerprint density at radius 1 is 1.55 bits per heavy atom. The Balaban J connectivity index is 4.07. The highest BCUT2D eigenvalue weighted by Gasteiger charge is 2.17. The van der Waals surface area contributed by atoms with Gasteiger partial charge in [0.25, 0.3) is 0 Å². The monoisotopic (exact) mass is 179 g/mol. The molecule has 2 N–H and O–H groups in total. The molecule has 0 aliphatic rings. The number of hydrogen-bond donors (Lipinski definition) is 1. The van der Waals surface area contributed by atoms with Crippen LogP contribution < -0.4 is 5.14 Å². The number of aldehydes is 1. The van der Waals surface area contributed by atoms with Gasteiger partial charge in [0.15, 0.2) is 0 Å². The van der Waals surface area contributed by atoms with Gasteiger partial charge in [-0.15, -0.1) is 0 Å². The summed E-state index contributed by atoms with van der Waals surface area (Å²) in [5.74, 6) is 0. The zero-order valence-electron chi connectivity index (χ0n) is 6.49. The molecule has 0 aliphatic carbocycles. The third-order valence-electron chi connectivity index (χ3n) is 1.53. The van der Waals surface area contributed by atoms with E-state index in [9.17, 15) is 13.2 Å². The number of sulfonamides is 1. The maximum Gasteiger partial charge on any atom is 0.211 e. The van der Waals surface area contributed by atoms with Crippen LogP contribution in [0.4, 0.5) is 0 Å². The molecule has 0 aromatic rings. The number of rotatable bonds is 5. The molecule has 0 radical (unpaired) electrons. The summed E-state index contributed by atoms with van der Waals surface area (Å²) in [7, 11) is -3.45. The SMILES string of the molecule is CCC(CCC=O)S(N)(=O)=O. The van der Waals surface area contributed by atoms with Crippen molar-refractivity contribution in [2.45, 2.75) is 31.4 Å². The second kappa shape index (κ2) is 4.46. The van der Waals surface area contributed by atoms with Crippen molar-refractivity contribution in [3.8, 4) is 0 Å². The van der Waals surface area contributed by atoms with Gasteiger partial charge in [-0.25, -0.2) is 13.6 Å². The fourth-order valence-electron chi connectivity index (χ4n) is 0.855. The highest BCUT2D eigenvalue weighted by Crippen LogP contribution is 2.07. The normalized spacial score (nSPS) is 14.4. The summed E-state index contributed by atoms with van der Waals surface area (Å²) >= 11 is 0. The van der Waals surface area contributed by atoms with E-state index in [-0.39, 0.29) is 6.42 Å². The van der Waals surface area contributed by atoms with E-state index in [4.69, 9.17) is 5.14 Å². The molecule has 1 atom stereocenters. The van der Waals surface area contributed by atoms with Crippen molar-refractivity contribution in [3.05, 3.63) is 0 Å². The summed E-state index contributed by atoms with van der Waals surface area (Å²) in [6.07, 6.45) is 1.76. The average molecular weight is 179 g/mol. The Labute approximate surface area is 66.8 Å². The lowest BCUT2D eigenvalue weighted by Gasteiger charge is -2.09. The fourth-order valence-corrected chi connectivity index (χ4v) is 1.78. The smallest absolute Gasteiger partial charge is 0.211 e. The van der Waals surface area contributed by atoms with Crippen molar-refractivity contribution in [1.82, 2.24) is 0 Å². The van der Waals surface area contributed by atoms with E-state index < -0.39 is 15.3 Å². The molecule has 0 heterocycles. The van der Waals surface area contributed by atoms with Crippen LogP contribution in [0.25, 0.3) is 0 Å². The molecule has 0 saturated carbocycles. The molecule has 0 saturated heterocycles. The number of primary sulfonamides is 1. The maximum absolute atomic E-state index is 10.7. The summed E-state index contributed by atoms with van der Waals surface area (Å²) in [6, 6.07) is 0. The van der Waals surface area contributed by atoms with Gasteiger partial charge in [-0.05, 0) is 12.8 Å². The molecular formula is C6H13NO3S. The van der Waals surface area contributed by atoms with Crippen molar-refractivity contribution in [2.75, 3.05) is 0 Å². The molecule has 4 nitrogen and oxygen atoms in total. The minimum absolute atomic E-state index is 0.259. The van der Waals surface area contributed by atoms with Gasteiger partial charge in [0.1, 0.15) is 6.29 Å². The Bertz CT molecular complexity index is 210. The summed E-state index contributed by atoms with van der Waals surface area (Å²) in [5.41, 5.74) is 0. The standard InChI is InChI=1S/C6H13NO3S/c1-2-6(4-3-5-8)11(7,9)10/h5-6H,2-4H2,1H3,(H2,7,9,10). The topological polar surface area (TPSA) is 77.2 Å². The van der Waals surface area contributed by atoms with Gasteiger partial charge in [-0.2, -0.15) is 0 Å². The molecule has 0 aliphatic heterocycles. The van der Waals surface area contributed by atoms with E-state index in [0.29, 0.717) is 19.1 Å². The molecule has 0 spiro atoms. The van der Waals surface area contributed by atoms with Crippen molar-refractivity contribution in [2.24, 2.45) is 5.14 Å². The first-order valence-corrected chi connectivity index (χ1v) is 5.08. The lowest BCUT2D eigenvalue weighted by Crippen LogP contribution is -2.27. The zero-order valence-corrected chi connectivity index (χ0v) is 7.30. The van der Waals surface area contributed by atoms with E-state index in [1.165, 1.54) is 0 Å². The van der Waals surface area contributed by atoms with E-state index in [1.807, 2.05) is 0 Å². The van der Waals surface area contributed by atoms with E-state index >= 15 is 0 Å². The second-order valence-electron chi connectivity index (χ2n) is 2.36. The van der Waals surface area contributed by atoms with Crippen LogP contribution in [-0.4, -0.2) is 20.0 Å². The second-order valence-corrected chi connectivity index (χ2v) is 4.21. The van der Waals surface area contributed by atoms with Gasteiger partial charge >= 0.3 is 0 Å². The van der Waals surface area contributed by atoms with Crippen molar-refractivity contribution < 1.29 is 13.2 Å². The minimum Gasteiger partial charge on any atom is -0.303 e. The van der Waals surface area contributed by atoms with Crippen LogP contribution in [0, 0.1) is 0 Å². The highest BCUT2D eigenvalue weighted by molar-refractivity contribution is 7.89. The molecule has 1 unspecified atom stereocenters. The molecule has 0 rings (SSSR count). The third kappa shape index (κ3) is 4.10. The summed E-state index contributed by atoms with van der Waals surface area (Å²) in [6.45, 7) is 1.74. The largest absolute Gasteiger partial charge is 0.303 e. The van der Waals surface area contributed by atoms with Crippen LogP contribution in [-0.2, 0) is 14.8 Å². The zero-order chi connectivity index (χ0) is 8.91. The first kappa shape index (κ1) is 10.6. The predicted octanol–water partition coefficient (Wildman–Crippen LogP) is 0.0326. The van der Waals surface area contributed by atoms with Gasteiger partial charge in [0.2, 0.25) is 10.0 Å². The van der Waals surface area contributed by atoms with Crippen LogP contribution in [0.2, 0.25) is 0 Å². The van der Waals surface area contributed by atoms with Crippen LogP contribution in [0.1, 0.15) is 26.2 Å². The Kier molecular flexibility index (Phi) is 4.29.